The second-order valence-corrected chi connectivity index (χ2v) is 9.35. The summed E-state index contributed by atoms with van der Waals surface area (Å²) in [6, 6.07) is 27.0. The fourth-order valence-electron chi connectivity index (χ4n) is 6.11. The first kappa shape index (κ1) is 17.2. The van der Waals surface area contributed by atoms with E-state index < -0.39 is 0 Å². The van der Waals surface area contributed by atoms with Crippen LogP contribution in [0.15, 0.2) is 72.8 Å². The Morgan fingerprint density at radius 2 is 1.45 bits per heavy atom. The lowest BCUT2D eigenvalue weighted by Crippen LogP contribution is -2.14. The Hall–Kier alpha value is -3.52. The van der Waals surface area contributed by atoms with E-state index in [0.29, 0.717) is 0 Å². The minimum Gasteiger partial charge on any atom is -0.353 e. The number of para-hydroxylation sites is 1. The number of hydrogen-bond donors (Lipinski definition) is 1. The second-order valence-electron chi connectivity index (χ2n) is 9.35. The summed E-state index contributed by atoms with van der Waals surface area (Å²) >= 11 is 0. The van der Waals surface area contributed by atoms with E-state index in [4.69, 9.17) is 0 Å². The fraction of sp³-hybridized carbons (Fsp3) is 0.172. The number of hydrogen-bond acceptors (Lipinski definition) is 0. The first-order chi connectivity index (χ1) is 15.1. The summed E-state index contributed by atoms with van der Waals surface area (Å²) in [6.45, 7) is 7.89. The number of aromatic nitrogens is 2. The molecule has 7 rings (SSSR count). The number of aryl methyl sites for hydroxylation is 1. The average Bonchev–Trinajstić information content (AvgIpc) is 3.40. The van der Waals surface area contributed by atoms with Gasteiger partial charge in [-0.3, -0.25) is 0 Å². The van der Waals surface area contributed by atoms with Gasteiger partial charge in [-0.1, -0.05) is 74.5 Å². The molecule has 0 radical (unpaired) electrons. The van der Waals surface area contributed by atoms with E-state index in [1.807, 2.05) is 0 Å². The minimum atomic E-state index is 0.0188. The number of aromatic amines is 1. The van der Waals surface area contributed by atoms with Crippen molar-refractivity contribution >= 4 is 43.6 Å². The Morgan fingerprint density at radius 3 is 2.32 bits per heavy atom. The average molecular weight is 401 g/mol. The highest BCUT2D eigenvalue weighted by Gasteiger charge is 2.36. The zero-order valence-electron chi connectivity index (χ0n) is 18.1. The van der Waals surface area contributed by atoms with Crippen LogP contribution in [-0.2, 0) is 12.0 Å². The largest absolute Gasteiger partial charge is 0.353 e. The molecule has 31 heavy (non-hydrogen) atoms. The number of rotatable bonds is 1. The van der Waals surface area contributed by atoms with Crippen molar-refractivity contribution in [3.63, 3.8) is 0 Å². The lowest BCUT2D eigenvalue weighted by atomic mass is 9.82. The maximum atomic E-state index is 3.92. The van der Waals surface area contributed by atoms with Gasteiger partial charge in [0.05, 0.1) is 16.6 Å². The molecule has 0 aliphatic heterocycles. The van der Waals surface area contributed by atoms with Crippen LogP contribution in [0.25, 0.3) is 54.7 Å². The normalized spacial score (nSPS) is 14.7. The highest BCUT2D eigenvalue weighted by Crippen LogP contribution is 2.52. The van der Waals surface area contributed by atoms with Crippen LogP contribution in [-0.4, -0.2) is 9.55 Å². The van der Waals surface area contributed by atoms with Gasteiger partial charge in [-0.25, -0.2) is 0 Å². The van der Waals surface area contributed by atoms with Crippen molar-refractivity contribution in [2.75, 3.05) is 0 Å². The topological polar surface area (TPSA) is 20.7 Å². The molecule has 1 aliphatic rings. The van der Waals surface area contributed by atoms with E-state index in [1.165, 1.54) is 65.9 Å². The number of nitrogens with zero attached hydrogens (tertiary/aromatic N) is 1. The predicted molar refractivity (Wildman–Crippen MR) is 132 cm³/mol. The van der Waals surface area contributed by atoms with Gasteiger partial charge in [0.15, 0.2) is 0 Å². The molecule has 4 aromatic carbocycles. The molecule has 0 bridgehead atoms. The van der Waals surface area contributed by atoms with Crippen LogP contribution in [0.1, 0.15) is 31.9 Å². The van der Waals surface area contributed by atoms with Gasteiger partial charge in [0.25, 0.3) is 0 Å². The van der Waals surface area contributed by atoms with E-state index in [-0.39, 0.29) is 5.41 Å². The summed E-state index contributed by atoms with van der Waals surface area (Å²) < 4.78 is 2.43. The van der Waals surface area contributed by atoms with Crippen molar-refractivity contribution in [2.45, 2.75) is 32.7 Å². The SMILES string of the molecule is CCn1c2ccccc2c2c3[nH]c4c5c(ccc4c3ccc21)C(C)(C)c1ccccc1-5. The van der Waals surface area contributed by atoms with Gasteiger partial charge in [0, 0.05) is 44.6 Å². The molecule has 0 unspecified atom stereocenters. The minimum absolute atomic E-state index is 0.0188. The van der Waals surface area contributed by atoms with E-state index in [0.717, 1.165) is 6.54 Å². The Bertz CT molecular complexity index is 1690. The molecule has 2 heterocycles. The molecule has 2 nitrogen and oxygen atoms in total. The van der Waals surface area contributed by atoms with Crippen LogP contribution < -0.4 is 0 Å². The van der Waals surface area contributed by atoms with Crippen molar-refractivity contribution < 1.29 is 0 Å². The monoisotopic (exact) mass is 400 g/mol. The Balaban J connectivity index is 1.70. The number of fused-ring (bicyclic) bond motifs is 11. The van der Waals surface area contributed by atoms with Crippen molar-refractivity contribution in [3.05, 3.63) is 83.9 Å². The zero-order valence-corrected chi connectivity index (χ0v) is 18.1. The molecular formula is C29H24N2. The van der Waals surface area contributed by atoms with Gasteiger partial charge in [-0.2, -0.15) is 0 Å². The smallest absolute Gasteiger partial charge is 0.0566 e. The van der Waals surface area contributed by atoms with E-state index >= 15 is 0 Å². The van der Waals surface area contributed by atoms with Crippen molar-refractivity contribution in [1.29, 1.82) is 0 Å². The van der Waals surface area contributed by atoms with Gasteiger partial charge in [-0.05, 0) is 35.7 Å². The third-order valence-electron chi connectivity index (χ3n) is 7.54. The fourth-order valence-corrected chi connectivity index (χ4v) is 6.11. The second kappa shape index (κ2) is 5.59. The molecule has 6 aromatic rings. The van der Waals surface area contributed by atoms with E-state index in [9.17, 15) is 0 Å². The van der Waals surface area contributed by atoms with Crippen molar-refractivity contribution in [3.8, 4) is 11.1 Å². The third kappa shape index (κ3) is 1.94. The van der Waals surface area contributed by atoms with Crippen molar-refractivity contribution in [1.82, 2.24) is 9.55 Å². The molecule has 0 amide bonds. The van der Waals surface area contributed by atoms with E-state index in [2.05, 4.69) is 103 Å². The standard InChI is InChI=1S/C29H24N2/c1-4-31-23-12-8-6-10-20(23)26-24(31)16-14-18-17-13-15-22-25(27(17)30-28(18)26)19-9-5-7-11-21(19)29(22,2)3/h5-16,30H,4H2,1-3H3. The molecule has 2 aromatic heterocycles. The quantitative estimate of drug-likeness (QED) is 0.291. The predicted octanol–water partition coefficient (Wildman–Crippen LogP) is 7.76. The summed E-state index contributed by atoms with van der Waals surface area (Å²) in [5.74, 6) is 0. The van der Waals surface area contributed by atoms with Crippen LogP contribution in [0, 0.1) is 0 Å². The molecule has 1 N–H and O–H groups in total. The highest BCUT2D eigenvalue weighted by molar-refractivity contribution is 6.26. The van der Waals surface area contributed by atoms with Gasteiger partial charge >= 0.3 is 0 Å². The first-order valence-electron chi connectivity index (χ1n) is 11.2. The summed E-state index contributed by atoms with van der Waals surface area (Å²) in [7, 11) is 0. The molecule has 150 valence electrons. The Morgan fingerprint density at radius 1 is 0.710 bits per heavy atom. The maximum absolute atomic E-state index is 3.92. The molecular weight excluding hydrogens is 376 g/mol. The molecule has 0 saturated carbocycles. The summed E-state index contributed by atoms with van der Waals surface area (Å²) in [5, 5.41) is 5.29. The summed E-state index contributed by atoms with van der Waals surface area (Å²) in [4.78, 5) is 3.92. The van der Waals surface area contributed by atoms with Gasteiger partial charge in [0.1, 0.15) is 0 Å². The van der Waals surface area contributed by atoms with Crippen LogP contribution in [0.4, 0.5) is 0 Å². The van der Waals surface area contributed by atoms with E-state index in [1.54, 1.807) is 0 Å². The maximum Gasteiger partial charge on any atom is 0.0566 e. The molecule has 0 saturated heterocycles. The molecule has 0 spiro atoms. The first-order valence-corrected chi connectivity index (χ1v) is 11.2. The van der Waals surface area contributed by atoms with Crippen LogP contribution >= 0.6 is 0 Å². The molecule has 2 heteroatoms. The van der Waals surface area contributed by atoms with Gasteiger partial charge < -0.3 is 9.55 Å². The number of nitrogens with one attached hydrogen (secondary N) is 1. The molecule has 1 aliphatic carbocycles. The van der Waals surface area contributed by atoms with Crippen LogP contribution in [0.5, 0.6) is 0 Å². The Kier molecular flexibility index (Phi) is 3.10. The lowest BCUT2D eigenvalue weighted by molar-refractivity contribution is 0.661. The van der Waals surface area contributed by atoms with Crippen LogP contribution in [0.2, 0.25) is 0 Å². The van der Waals surface area contributed by atoms with Gasteiger partial charge in [-0.15, -0.1) is 0 Å². The highest BCUT2D eigenvalue weighted by atomic mass is 15.0. The summed E-state index contributed by atoms with van der Waals surface area (Å²) in [6.07, 6.45) is 0. The number of benzene rings is 4. The van der Waals surface area contributed by atoms with Crippen molar-refractivity contribution in [2.24, 2.45) is 0 Å². The number of H-pyrrole nitrogens is 1. The van der Waals surface area contributed by atoms with Gasteiger partial charge in [0.2, 0.25) is 0 Å². The van der Waals surface area contributed by atoms with Crippen LogP contribution in [0.3, 0.4) is 0 Å². The lowest BCUT2D eigenvalue weighted by Gasteiger charge is -2.21. The molecule has 0 fully saturated rings. The zero-order chi connectivity index (χ0) is 20.9. The molecule has 0 atom stereocenters. The Labute approximate surface area is 181 Å². The third-order valence-corrected chi connectivity index (χ3v) is 7.54. The summed E-state index contributed by atoms with van der Waals surface area (Å²) in [5.41, 5.74) is 10.7.